The van der Waals surface area contributed by atoms with Crippen LogP contribution < -0.4 is 10.8 Å². The highest BCUT2D eigenvalue weighted by Crippen LogP contribution is 2.23. The van der Waals surface area contributed by atoms with Gasteiger partial charge in [0.15, 0.2) is 0 Å². The molecule has 1 N–H and O–H groups in total. The second-order valence-electron chi connectivity index (χ2n) is 3.70. The van der Waals surface area contributed by atoms with Crippen molar-refractivity contribution in [2.45, 2.75) is 19.8 Å². The standard InChI is InChI=1S/C9H12N2O4S/c1-7(2)8-4-3-5-9(6-8)11-10-14-16(12,13)15-11/h3-7,10H,1-2H3. The first-order valence-electron chi connectivity index (χ1n) is 4.77. The highest BCUT2D eigenvalue weighted by Gasteiger charge is 2.29. The van der Waals surface area contributed by atoms with Crippen molar-refractivity contribution in [2.24, 2.45) is 0 Å². The molecular weight excluding hydrogens is 232 g/mol. The van der Waals surface area contributed by atoms with E-state index < -0.39 is 10.4 Å². The van der Waals surface area contributed by atoms with Crippen molar-refractivity contribution in [1.82, 2.24) is 5.59 Å². The van der Waals surface area contributed by atoms with Crippen LogP contribution in [0.5, 0.6) is 0 Å². The average Bonchev–Trinajstić information content (AvgIpc) is 2.59. The van der Waals surface area contributed by atoms with Crippen LogP contribution in [0.25, 0.3) is 0 Å². The molecule has 0 aromatic heterocycles. The molecule has 1 aliphatic heterocycles. The summed E-state index contributed by atoms with van der Waals surface area (Å²) in [5.41, 5.74) is 3.79. The first-order chi connectivity index (χ1) is 7.48. The van der Waals surface area contributed by atoms with Gasteiger partial charge in [0.2, 0.25) is 0 Å². The predicted molar refractivity (Wildman–Crippen MR) is 57.2 cm³/mol. The molecule has 0 aliphatic carbocycles. The smallest absolute Gasteiger partial charge is 0.165 e. The van der Waals surface area contributed by atoms with E-state index in [0.29, 0.717) is 11.6 Å². The molecule has 0 radical (unpaired) electrons. The molecule has 7 heteroatoms. The molecule has 0 bridgehead atoms. The molecular formula is C9H12N2O4S. The van der Waals surface area contributed by atoms with E-state index in [0.717, 1.165) is 10.7 Å². The number of anilines is 1. The third-order valence-electron chi connectivity index (χ3n) is 2.16. The van der Waals surface area contributed by atoms with Gasteiger partial charge in [0.25, 0.3) is 0 Å². The summed E-state index contributed by atoms with van der Waals surface area (Å²) in [6, 6.07) is 7.31. The Kier molecular flexibility index (Phi) is 2.85. The van der Waals surface area contributed by atoms with Crippen LogP contribution >= 0.6 is 0 Å². The van der Waals surface area contributed by atoms with Crippen molar-refractivity contribution >= 4 is 16.1 Å². The largest absolute Gasteiger partial charge is 0.440 e. The zero-order chi connectivity index (χ0) is 11.8. The average molecular weight is 244 g/mol. The Morgan fingerprint density at radius 3 is 2.69 bits per heavy atom. The van der Waals surface area contributed by atoms with Gasteiger partial charge >= 0.3 is 10.4 Å². The quantitative estimate of drug-likeness (QED) is 0.844. The number of nitrogens with one attached hydrogen (secondary N) is 1. The third kappa shape index (κ3) is 2.33. The number of hydrazine groups is 1. The summed E-state index contributed by atoms with van der Waals surface area (Å²) in [4.78, 5) is 0. The Morgan fingerprint density at radius 1 is 1.38 bits per heavy atom. The molecule has 1 saturated heterocycles. The molecule has 0 atom stereocenters. The summed E-state index contributed by atoms with van der Waals surface area (Å²) in [5, 5.41) is 0.960. The van der Waals surface area contributed by atoms with Crippen LogP contribution in [0.3, 0.4) is 0 Å². The van der Waals surface area contributed by atoms with E-state index in [1.54, 1.807) is 6.07 Å². The summed E-state index contributed by atoms with van der Waals surface area (Å²) < 4.78 is 30.5. The number of hydrogen-bond acceptors (Lipinski definition) is 6. The van der Waals surface area contributed by atoms with Gasteiger partial charge in [-0.1, -0.05) is 31.6 Å². The Labute approximate surface area is 94.0 Å². The Balaban J connectivity index is 2.25. The van der Waals surface area contributed by atoms with Crippen LogP contribution in [-0.4, -0.2) is 8.42 Å². The third-order valence-corrected chi connectivity index (χ3v) is 2.77. The lowest BCUT2D eigenvalue weighted by molar-refractivity contribution is 0.198. The zero-order valence-corrected chi connectivity index (χ0v) is 9.69. The second-order valence-corrected chi connectivity index (χ2v) is 4.83. The highest BCUT2D eigenvalue weighted by atomic mass is 32.3. The predicted octanol–water partition coefficient (Wildman–Crippen LogP) is 1.24. The molecule has 0 amide bonds. The summed E-state index contributed by atoms with van der Waals surface area (Å²) >= 11 is 0. The van der Waals surface area contributed by atoms with Crippen LogP contribution in [0.4, 0.5) is 5.69 Å². The molecule has 0 spiro atoms. The van der Waals surface area contributed by atoms with Crippen molar-refractivity contribution in [2.75, 3.05) is 5.17 Å². The summed E-state index contributed by atoms with van der Waals surface area (Å²) in [7, 11) is -3.96. The van der Waals surface area contributed by atoms with Gasteiger partial charge in [0.1, 0.15) is 0 Å². The van der Waals surface area contributed by atoms with Crippen LogP contribution in [0.15, 0.2) is 24.3 Å². The topological polar surface area (TPSA) is 67.9 Å². The molecule has 6 nitrogen and oxygen atoms in total. The number of nitrogens with zero attached hydrogens (tertiary/aromatic N) is 1. The maximum Gasteiger partial charge on any atom is 0.440 e. The van der Waals surface area contributed by atoms with E-state index in [1.165, 1.54) is 0 Å². The van der Waals surface area contributed by atoms with Gasteiger partial charge in [-0.2, -0.15) is 8.42 Å². The number of benzene rings is 1. The SMILES string of the molecule is CC(C)c1cccc(N2NOS(=O)(=O)O2)c1. The van der Waals surface area contributed by atoms with Gasteiger partial charge in [0, 0.05) is 0 Å². The van der Waals surface area contributed by atoms with E-state index in [1.807, 2.05) is 32.0 Å². The first-order valence-corrected chi connectivity index (χ1v) is 6.10. The van der Waals surface area contributed by atoms with Gasteiger partial charge in [0.05, 0.1) is 5.69 Å². The molecule has 88 valence electrons. The summed E-state index contributed by atoms with van der Waals surface area (Å²) in [6.07, 6.45) is 0. The van der Waals surface area contributed by atoms with E-state index in [4.69, 9.17) is 0 Å². The fourth-order valence-corrected chi connectivity index (χ4v) is 1.80. The molecule has 1 aromatic carbocycles. The minimum atomic E-state index is -3.96. The number of hydrogen-bond donors (Lipinski definition) is 1. The molecule has 0 unspecified atom stereocenters. The monoisotopic (exact) mass is 244 g/mol. The van der Waals surface area contributed by atoms with Crippen molar-refractivity contribution in [3.05, 3.63) is 29.8 Å². The molecule has 1 aliphatic rings. The van der Waals surface area contributed by atoms with E-state index in [-0.39, 0.29) is 0 Å². The normalized spacial score (nSPS) is 19.3. The van der Waals surface area contributed by atoms with Crippen LogP contribution in [0.2, 0.25) is 0 Å². The Bertz CT molecular complexity index is 486. The van der Waals surface area contributed by atoms with Gasteiger partial charge in [-0.05, 0) is 23.6 Å². The van der Waals surface area contributed by atoms with Crippen molar-refractivity contribution in [1.29, 1.82) is 0 Å². The first kappa shape index (κ1) is 11.3. The van der Waals surface area contributed by atoms with Crippen LogP contribution in [-0.2, 0) is 19.0 Å². The van der Waals surface area contributed by atoms with E-state index in [2.05, 4.69) is 14.2 Å². The van der Waals surface area contributed by atoms with Gasteiger partial charge in [-0.3, -0.25) is 0 Å². The van der Waals surface area contributed by atoms with Crippen LogP contribution in [0, 0.1) is 0 Å². The second kappa shape index (κ2) is 4.02. The zero-order valence-electron chi connectivity index (χ0n) is 8.88. The van der Waals surface area contributed by atoms with Gasteiger partial charge in [-0.15, -0.1) is 13.7 Å². The molecule has 0 saturated carbocycles. The van der Waals surface area contributed by atoms with Crippen molar-refractivity contribution in [3.63, 3.8) is 0 Å². The minimum Gasteiger partial charge on any atom is -0.165 e. The van der Waals surface area contributed by atoms with Crippen LogP contribution in [0.1, 0.15) is 25.3 Å². The molecule has 1 fully saturated rings. The molecule has 16 heavy (non-hydrogen) atoms. The van der Waals surface area contributed by atoms with E-state index in [9.17, 15) is 8.42 Å². The minimum absolute atomic E-state index is 0.347. The lowest BCUT2D eigenvalue weighted by Gasteiger charge is -2.13. The fraction of sp³-hybridized carbons (Fsp3) is 0.333. The van der Waals surface area contributed by atoms with Gasteiger partial charge < -0.3 is 0 Å². The molecule has 1 heterocycles. The fourth-order valence-electron chi connectivity index (χ4n) is 1.31. The Hall–Kier alpha value is -1.15. The lowest BCUT2D eigenvalue weighted by atomic mass is 10.0. The number of rotatable bonds is 2. The van der Waals surface area contributed by atoms with Gasteiger partial charge in [-0.25, -0.2) is 0 Å². The molecule has 1 aromatic rings. The summed E-state index contributed by atoms with van der Waals surface area (Å²) in [5.74, 6) is 0.347. The highest BCUT2D eigenvalue weighted by molar-refractivity contribution is 7.82. The maximum atomic E-state index is 10.9. The summed E-state index contributed by atoms with van der Waals surface area (Å²) in [6.45, 7) is 4.09. The lowest BCUT2D eigenvalue weighted by Crippen LogP contribution is -2.28. The van der Waals surface area contributed by atoms with Crippen molar-refractivity contribution in [3.8, 4) is 0 Å². The Morgan fingerprint density at radius 2 is 2.12 bits per heavy atom. The molecule has 2 rings (SSSR count). The van der Waals surface area contributed by atoms with E-state index >= 15 is 0 Å². The maximum absolute atomic E-state index is 10.9. The van der Waals surface area contributed by atoms with Crippen molar-refractivity contribution < 1.29 is 17.0 Å².